The Morgan fingerprint density at radius 1 is 0.774 bits per heavy atom. The van der Waals surface area contributed by atoms with Crippen LogP contribution in [0.25, 0.3) is 39.2 Å². The van der Waals surface area contributed by atoms with Crippen LogP contribution in [0.2, 0.25) is 0 Å². The Morgan fingerprint density at radius 3 is 2.29 bits per heavy atom. The van der Waals surface area contributed by atoms with E-state index in [1.165, 1.54) is 0 Å². The van der Waals surface area contributed by atoms with Crippen molar-refractivity contribution in [3.8, 4) is 39.8 Å². The van der Waals surface area contributed by atoms with Crippen LogP contribution < -0.4 is 9.47 Å². The van der Waals surface area contributed by atoms with Crippen molar-refractivity contribution in [1.29, 1.82) is 0 Å². The predicted octanol–water partition coefficient (Wildman–Crippen LogP) is 4.56. The van der Waals surface area contributed by atoms with Crippen LogP contribution in [0.4, 0.5) is 0 Å². The van der Waals surface area contributed by atoms with Gasteiger partial charge in [0, 0.05) is 46.7 Å². The molecule has 0 N–H and O–H groups in total. The second kappa shape index (κ2) is 7.87. The van der Waals surface area contributed by atoms with E-state index < -0.39 is 0 Å². The molecule has 3 heterocycles. The fraction of sp³-hybridized carbons (Fsp3) is 0.0833. The number of aromatic nitrogens is 5. The summed E-state index contributed by atoms with van der Waals surface area (Å²) in [5, 5.41) is 5.36. The molecule has 0 radical (unpaired) electrons. The maximum atomic E-state index is 5.50. The average molecular weight is 409 g/mol. The number of methoxy groups -OCH3 is 2. The lowest BCUT2D eigenvalue weighted by Crippen LogP contribution is -2.04. The number of pyridine rings is 1. The van der Waals surface area contributed by atoms with Gasteiger partial charge in [-0.15, -0.1) is 0 Å². The first-order chi connectivity index (χ1) is 15.3. The summed E-state index contributed by atoms with van der Waals surface area (Å²) in [4.78, 5) is 13.8. The number of ether oxygens (including phenoxy) is 2. The van der Waals surface area contributed by atoms with E-state index >= 15 is 0 Å². The lowest BCUT2D eigenvalue weighted by atomic mass is 10.1. The molecule has 5 rings (SSSR count). The smallest absolute Gasteiger partial charge is 0.251 e. The first kappa shape index (κ1) is 18.7. The summed E-state index contributed by atoms with van der Waals surface area (Å²) in [5.74, 6) is 1.70. The maximum absolute atomic E-state index is 5.50. The van der Waals surface area contributed by atoms with Gasteiger partial charge in [-0.2, -0.15) is 5.10 Å². The lowest BCUT2D eigenvalue weighted by molar-refractivity contribution is 0.356. The Morgan fingerprint density at radius 2 is 1.55 bits per heavy atom. The van der Waals surface area contributed by atoms with Crippen LogP contribution in [0.1, 0.15) is 0 Å². The number of nitrogens with zero attached hydrogens (tertiary/aromatic N) is 5. The second-order valence-corrected chi connectivity index (χ2v) is 6.88. The van der Waals surface area contributed by atoms with Gasteiger partial charge in [0.1, 0.15) is 0 Å². The van der Waals surface area contributed by atoms with E-state index in [2.05, 4.69) is 10.1 Å². The molecule has 2 aromatic carbocycles. The van der Waals surface area contributed by atoms with Crippen molar-refractivity contribution in [3.63, 3.8) is 0 Å². The number of benzene rings is 2. The molecule has 0 saturated carbocycles. The summed E-state index contributed by atoms with van der Waals surface area (Å²) in [6.07, 6.45) is 7.22. The fourth-order valence-corrected chi connectivity index (χ4v) is 3.48. The van der Waals surface area contributed by atoms with Gasteiger partial charge in [-0.05, 0) is 12.1 Å². The van der Waals surface area contributed by atoms with Crippen molar-refractivity contribution in [1.82, 2.24) is 24.7 Å². The Balaban J connectivity index is 1.72. The topological polar surface area (TPSA) is 75.0 Å². The largest absolute Gasteiger partial charge is 0.493 e. The Hall–Kier alpha value is -4.26. The van der Waals surface area contributed by atoms with E-state index in [0.717, 1.165) is 33.3 Å². The van der Waals surface area contributed by atoms with Crippen LogP contribution in [0, 0.1) is 0 Å². The minimum Gasteiger partial charge on any atom is -0.493 e. The normalized spacial score (nSPS) is 10.9. The van der Waals surface area contributed by atoms with Gasteiger partial charge in [0.25, 0.3) is 5.95 Å². The van der Waals surface area contributed by atoms with Gasteiger partial charge >= 0.3 is 0 Å². The van der Waals surface area contributed by atoms with E-state index in [1.807, 2.05) is 60.8 Å². The summed E-state index contributed by atoms with van der Waals surface area (Å²) in [6.45, 7) is 0. The predicted molar refractivity (Wildman–Crippen MR) is 118 cm³/mol. The number of hydrogen-bond acceptors (Lipinski definition) is 6. The first-order valence-corrected chi connectivity index (χ1v) is 9.71. The van der Waals surface area contributed by atoms with E-state index in [0.29, 0.717) is 17.4 Å². The van der Waals surface area contributed by atoms with Crippen LogP contribution in [-0.4, -0.2) is 39.0 Å². The molecule has 5 aromatic rings. The van der Waals surface area contributed by atoms with Crippen molar-refractivity contribution in [2.75, 3.05) is 14.2 Å². The number of hydrogen-bond donors (Lipinski definition) is 0. The molecule has 7 nitrogen and oxygen atoms in total. The van der Waals surface area contributed by atoms with Gasteiger partial charge in [0.05, 0.1) is 31.6 Å². The molecule has 0 aliphatic carbocycles. The highest BCUT2D eigenvalue weighted by Gasteiger charge is 2.16. The van der Waals surface area contributed by atoms with Crippen molar-refractivity contribution in [3.05, 3.63) is 79.4 Å². The Labute approximate surface area is 179 Å². The van der Waals surface area contributed by atoms with Crippen molar-refractivity contribution in [2.24, 2.45) is 0 Å². The lowest BCUT2D eigenvalue weighted by Gasteiger charge is -2.13. The molecule has 0 aliphatic heterocycles. The summed E-state index contributed by atoms with van der Waals surface area (Å²) >= 11 is 0. The van der Waals surface area contributed by atoms with Gasteiger partial charge in [-0.3, -0.25) is 4.98 Å². The number of rotatable bonds is 5. The van der Waals surface area contributed by atoms with Gasteiger partial charge in [-0.25, -0.2) is 14.6 Å². The standard InChI is InChI=1S/C24H19N5O2/c1-30-21-11-19-20(12-22(21)31-2)27-24(28-23(19)16-7-4-3-5-8-16)29-15-18(14-26-29)17-9-6-10-25-13-17/h3-15H,1-2H3. The molecule has 31 heavy (non-hydrogen) atoms. The highest BCUT2D eigenvalue weighted by atomic mass is 16.5. The second-order valence-electron chi connectivity index (χ2n) is 6.88. The molecular weight excluding hydrogens is 390 g/mol. The SMILES string of the molecule is COc1cc2nc(-n3cc(-c4cccnc4)cn3)nc(-c3ccccc3)c2cc1OC. The van der Waals surface area contributed by atoms with Crippen molar-refractivity contribution in [2.45, 2.75) is 0 Å². The molecule has 0 atom stereocenters. The minimum atomic E-state index is 0.466. The Kier molecular flexibility index (Phi) is 4.76. The minimum absolute atomic E-state index is 0.466. The van der Waals surface area contributed by atoms with E-state index in [1.54, 1.807) is 37.5 Å². The quantitative estimate of drug-likeness (QED) is 0.424. The average Bonchev–Trinajstić information content (AvgIpc) is 3.34. The third-order valence-corrected chi connectivity index (χ3v) is 5.02. The highest BCUT2D eigenvalue weighted by Crippen LogP contribution is 2.36. The molecular formula is C24H19N5O2. The van der Waals surface area contributed by atoms with E-state index in [-0.39, 0.29) is 0 Å². The molecule has 0 aliphatic rings. The molecule has 0 fully saturated rings. The van der Waals surface area contributed by atoms with E-state index in [4.69, 9.17) is 19.4 Å². The zero-order chi connectivity index (χ0) is 21.2. The van der Waals surface area contributed by atoms with Gasteiger partial charge in [0.15, 0.2) is 11.5 Å². The van der Waals surface area contributed by atoms with Crippen LogP contribution in [0.3, 0.4) is 0 Å². The Bertz CT molecular complexity index is 1350. The van der Waals surface area contributed by atoms with Crippen LogP contribution >= 0.6 is 0 Å². The van der Waals surface area contributed by atoms with Crippen LogP contribution in [0.15, 0.2) is 79.4 Å². The van der Waals surface area contributed by atoms with Crippen LogP contribution in [-0.2, 0) is 0 Å². The summed E-state index contributed by atoms with van der Waals surface area (Å²) in [6, 6.07) is 17.6. The highest BCUT2D eigenvalue weighted by molar-refractivity contribution is 5.95. The van der Waals surface area contributed by atoms with E-state index in [9.17, 15) is 0 Å². The summed E-state index contributed by atoms with van der Waals surface area (Å²) in [7, 11) is 3.22. The molecule has 0 unspecified atom stereocenters. The fourth-order valence-electron chi connectivity index (χ4n) is 3.48. The summed E-state index contributed by atoms with van der Waals surface area (Å²) < 4.78 is 12.7. The third kappa shape index (κ3) is 3.46. The van der Waals surface area contributed by atoms with Gasteiger partial charge in [-0.1, -0.05) is 36.4 Å². The number of fused-ring (bicyclic) bond motifs is 1. The molecule has 0 saturated heterocycles. The molecule has 0 amide bonds. The van der Waals surface area contributed by atoms with Crippen LogP contribution in [0.5, 0.6) is 11.5 Å². The van der Waals surface area contributed by atoms with Gasteiger partial charge in [0.2, 0.25) is 0 Å². The first-order valence-electron chi connectivity index (χ1n) is 9.71. The molecule has 3 aromatic heterocycles. The zero-order valence-electron chi connectivity index (χ0n) is 17.1. The zero-order valence-corrected chi connectivity index (χ0v) is 17.1. The monoisotopic (exact) mass is 409 g/mol. The molecule has 152 valence electrons. The van der Waals surface area contributed by atoms with Crippen molar-refractivity contribution < 1.29 is 9.47 Å². The molecule has 0 bridgehead atoms. The van der Waals surface area contributed by atoms with Gasteiger partial charge < -0.3 is 9.47 Å². The molecule has 7 heteroatoms. The maximum Gasteiger partial charge on any atom is 0.251 e. The third-order valence-electron chi connectivity index (χ3n) is 5.02. The summed E-state index contributed by atoms with van der Waals surface area (Å²) in [5.41, 5.74) is 4.41. The van der Waals surface area contributed by atoms with Crippen molar-refractivity contribution >= 4 is 10.9 Å². The molecule has 0 spiro atoms.